The molecule has 0 bridgehead atoms. The lowest BCUT2D eigenvalue weighted by Gasteiger charge is -2.09. The summed E-state index contributed by atoms with van der Waals surface area (Å²) in [5.74, 6) is 1.89. The minimum absolute atomic E-state index is 0.865. The number of fused-ring (bicyclic) bond motifs is 1. The fourth-order valence-corrected chi connectivity index (χ4v) is 2.41. The van der Waals surface area contributed by atoms with E-state index >= 15 is 0 Å². The van der Waals surface area contributed by atoms with Gasteiger partial charge < -0.3 is 10.1 Å². The van der Waals surface area contributed by atoms with Crippen molar-refractivity contribution in [2.75, 3.05) is 12.4 Å². The largest absolute Gasteiger partial charge is 0.497 e. The lowest BCUT2D eigenvalue weighted by atomic mass is 10.1. The molecule has 102 valence electrons. The van der Waals surface area contributed by atoms with Crippen molar-refractivity contribution in [1.29, 1.82) is 0 Å². The first-order valence-corrected chi connectivity index (χ1v) is 6.92. The Morgan fingerprint density at radius 3 is 2.60 bits per heavy atom. The van der Waals surface area contributed by atoms with E-state index in [9.17, 15) is 0 Å². The van der Waals surface area contributed by atoms with Gasteiger partial charge in [0, 0.05) is 12.1 Å². The number of methoxy groups -OCH3 is 1. The van der Waals surface area contributed by atoms with Crippen molar-refractivity contribution in [3.63, 3.8) is 0 Å². The van der Waals surface area contributed by atoms with Crippen molar-refractivity contribution < 1.29 is 4.74 Å². The zero-order chi connectivity index (χ0) is 13.8. The normalized spacial score (nSPS) is 13.9. The van der Waals surface area contributed by atoms with Gasteiger partial charge in [0.25, 0.3) is 0 Å². The van der Waals surface area contributed by atoms with Crippen LogP contribution < -0.4 is 10.1 Å². The van der Waals surface area contributed by atoms with Crippen LogP contribution in [0.15, 0.2) is 53.5 Å². The molecule has 0 aromatic heterocycles. The molecule has 0 fully saturated rings. The Bertz CT molecular complexity index is 617. The first-order valence-electron chi connectivity index (χ1n) is 6.92. The van der Waals surface area contributed by atoms with Gasteiger partial charge in [-0.05, 0) is 48.7 Å². The molecule has 3 nitrogen and oxygen atoms in total. The predicted molar refractivity (Wildman–Crippen MR) is 83.1 cm³/mol. The highest BCUT2D eigenvalue weighted by Crippen LogP contribution is 2.25. The van der Waals surface area contributed by atoms with Crippen molar-refractivity contribution >= 4 is 17.2 Å². The highest BCUT2D eigenvalue weighted by molar-refractivity contribution is 5.97. The number of anilines is 1. The summed E-state index contributed by atoms with van der Waals surface area (Å²) >= 11 is 0. The van der Waals surface area contributed by atoms with Gasteiger partial charge in [0.05, 0.1) is 12.8 Å². The van der Waals surface area contributed by atoms with Crippen LogP contribution in [0.4, 0.5) is 11.4 Å². The van der Waals surface area contributed by atoms with Gasteiger partial charge in [-0.1, -0.05) is 18.2 Å². The van der Waals surface area contributed by atoms with Crippen LogP contribution >= 0.6 is 0 Å². The third-order valence-corrected chi connectivity index (χ3v) is 3.49. The Kier molecular flexibility index (Phi) is 3.68. The summed E-state index contributed by atoms with van der Waals surface area (Å²) in [4.78, 5) is 4.75. The molecule has 20 heavy (non-hydrogen) atoms. The second-order valence-corrected chi connectivity index (χ2v) is 4.89. The molecule has 0 aliphatic carbocycles. The number of nitrogens with one attached hydrogen (secondary N) is 1. The van der Waals surface area contributed by atoms with Gasteiger partial charge in [-0.2, -0.15) is 0 Å². The SMILES string of the molecule is COc1ccc(NC2=Nc3ccccc3CCC2)cc1. The monoisotopic (exact) mass is 266 g/mol. The smallest absolute Gasteiger partial charge is 0.119 e. The lowest BCUT2D eigenvalue weighted by molar-refractivity contribution is 0.415. The maximum Gasteiger partial charge on any atom is 0.119 e. The number of aliphatic imine (C=N–C) groups is 1. The van der Waals surface area contributed by atoms with Gasteiger partial charge in [0.15, 0.2) is 0 Å². The molecule has 0 unspecified atom stereocenters. The van der Waals surface area contributed by atoms with Crippen LogP contribution in [0.2, 0.25) is 0 Å². The minimum Gasteiger partial charge on any atom is -0.497 e. The zero-order valence-corrected chi connectivity index (χ0v) is 11.6. The van der Waals surface area contributed by atoms with Crippen LogP contribution in [0, 0.1) is 0 Å². The van der Waals surface area contributed by atoms with E-state index in [0.717, 1.165) is 42.2 Å². The first kappa shape index (κ1) is 12.7. The average Bonchev–Trinajstić information content (AvgIpc) is 2.69. The summed E-state index contributed by atoms with van der Waals surface area (Å²) in [6.45, 7) is 0. The molecule has 1 aliphatic rings. The maximum absolute atomic E-state index is 5.17. The van der Waals surface area contributed by atoms with Crippen LogP contribution in [0.5, 0.6) is 5.75 Å². The Morgan fingerprint density at radius 1 is 1.00 bits per heavy atom. The number of ether oxygens (including phenoxy) is 1. The molecule has 0 spiro atoms. The molecular formula is C17H18N2O. The molecule has 2 aromatic carbocycles. The molecule has 0 amide bonds. The molecule has 0 atom stereocenters. The first-order chi connectivity index (χ1) is 9.85. The van der Waals surface area contributed by atoms with E-state index in [1.165, 1.54) is 5.56 Å². The van der Waals surface area contributed by atoms with Gasteiger partial charge in [0.2, 0.25) is 0 Å². The van der Waals surface area contributed by atoms with Crippen molar-refractivity contribution in [3.05, 3.63) is 54.1 Å². The molecule has 3 rings (SSSR count). The van der Waals surface area contributed by atoms with Gasteiger partial charge in [-0.3, -0.25) is 0 Å². The topological polar surface area (TPSA) is 33.6 Å². The summed E-state index contributed by atoms with van der Waals surface area (Å²) < 4.78 is 5.17. The average molecular weight is 266 g/mol. The Labute approximate surface area is 119 Å². The minimum atomic E-state index is 0.865. The lowest BCUT2D eigenvalue weighted by Crippen LogP contribution is -2.10. The third-order valence-electron chi connectivity index (χ3n) is 3.49. The van der Waals surface area contributed by atoms with E-state index in [2.05, 4.69) is 23.5 Å². The van der Waals surface area contributed by atoms with Gasteiger partial charge >= 0.3 is 0 Å². The molecule has 3 heteroatoms. The van der Waals surface area contributed by atoms with Crippen molar-refractivity contribution in [2.24, 2.45) is 4.99 Å². The number of rotatable bonds is 2. The highest BCUT2D eigenvalue weighted by Gasteiger charge is 2.09. The molecular weight excluding hydrogens is 248 g/mol. The second kappa shape index (κ2) is 5.78. The van der Waals surface area contributed by atoms with Gasteiger partial charge in [0.1, 0.15) is 11.6 Å². The van der Waals surface area contributed by atoms with E-state index in [4.69, 9.17) is 9.73 Å². The summed E-state index contributed by atoms with van der Waals surface area (Å²) in [5, 5.41) is 3.41. The summed E-state index contributed by atoms with van der Waals surface area (Å²) in [6.07, 6.45) is 3.19. The maximum atomic E-state index is 5.17. The highest BCUT2D eigenvalue weighted by atomic mass is 16.5. The van der Waals surface area contributed by atoms with Gasteiger partial charge in [-0.15, -0.1) is 0 Å². The number of hydrogen-bond donors (Lipinski definition) is 1. The predicted octanol–water partition coefficient (Wildman–Crippen LogP) is 4.17. The van der Waals surface area contributed by atoms with E-state index in [0.29, 0.717) is 0 Å². The molecule has 0 saturated heterocycles. The van der Waals surface area contributed by atoms with Crippen molar-refractivity contribution in [3.8, 4) is 5.75 Å². The van der Waals surface area contributed by atoms with E-state index < -0.39 is 0 Å². The molecule has 1 aliphatic heterocycles. The van der Waals surface area contributed by atoms with Crippen molar-refractivity contribution in [2.45, 2.75) is 19.3 Å². The Morgan fingerprint density at radius 2 is 1.80 bits per heavy atom. The number of nitrogens with zero attached hydrogens (tertiary/aromatic N) is 1. The van der Waals surface area contributed by atoms with Crippen LogP contribution in [-0.2, 0) is 6.42 Å². The molecule has 1 heterocycles. The number of aryl methyl sites for hydroxylation is 1. The van der Waals surface area contributed by atoms with E-state index in [-0.39, 0.29) is 0 Å². The number of hydrogen-bond acceptors (Lipinski definition) is 3. The quantitative estimate of drug-likeness (QED) is 0.885. The third kappa shape index (κ3) is 2.82. The number of amidine groups is 1. The van der Waals surface area contributed by atoms with E-state index in [1.807, 2.05) is 30.3 Å². The summed E-state index contributed by atoms with van der Waals surface area (Å²) in [7, 11) is 1.68. The molecule has 2 aromatic rings. The molecule has 1 N–H and O–H groups in total. The summed E-state index contributed by atoms with van der Waals surface area (Å²) in [6, 6.07) is 16.3. The van der Waals surface area contributed by atoms with E-state index in [1.54, 1.807) is 7.11 Å². The number of para-hydroxylation sites is 1. The fraction of sp³-hybridized carbons (Fsp3) is 0.235. The van der Waals surface area contributed by atoms with Crippen molar-refractivity contribution in [1.82, 2.24) is 0 Å². The number of benzene rings is 2. The fourth-order valence-electron chi connectivity index (χ4n) is 2.41. The van der Waals surface area contributed by atoms with Gasteiger partial charge in [-0.25, -0.2) is 4.99 Å². The Hall–Kier alpha value is -2.29. The van der Waals surface area contributed by atoms with Crippen LogP contribution in [0.3, 0.4) is 0 Å². The molecule has 0 radical (unpaired) electrons. The Balaban J connectivity index is 1.81. The van der Waals surface area contributed by atoms with Crippen LogP contribution in [0.25, 0.3) is 0 Å². The molecule has 0 saturated carbocycles. The summed E-state index contributed by atoms with van der Waals surface area (Å²) in [5.41, 5.74) is 3.46. The zero-order valence-electron chi connectivity index (χ0n) is 11.6. The van der Waals surface area contributed by atoms with Crippen LogP contribution in [0.1, 0.15) is 18.4 Å². The standard InChI is InChI=1S/C17H18N2O/c1-20-15-11-9-14(10-12-15)18-17-8-4-6-13-5-2-3-7-16(13)19-17/h2-3,5,7,9-12H,4,6,8H2,1H3,(H,18,19). The van der Waals surface area contributed by atoms with Crippen LogP contribution in [-0.4, -0.2) is 12.9 Å². The second-order valence-electron chi connectivity index (χ2n) is 4.89.